The monoisotopic (exact) mass is 467 g/mol. The predicted molar refractivity (Wildman–Crippen MR) is 134 cm³/mol. The van der Waals surface area contributed by atoms with Crippen LogP contribution in [0.3, 0.4) is 0 Å². The Hall–Kier alpha value is -4.13. The van der Waals surface area contributed by atoms with Crippen molar-refractivity contribution in [3.8, 4) is 22.6 Å². The molecule has 176 valence electrons. The topological polar surface area (TPSA) is 71.0 Å². The first-order valence-electron chi connectivity index (χ1n) is 11.7. The van der Waals surface area contributed by atoms with Gasteiger partial charge >= 0.3 is 6.03 Å². The molecule has 0 saturated carbocycles. The largest absolute Gasteiger partial charge is 0.322 e. The van der Waals surface area contributed by atoms with Gasteiger partial charge in [-0.3, -0.25) is 4.98 Å². The zero-order chi connectivity index (χ0) is 24.4. The second kappa shape index (κ2) is 9.62. The van der Waals surface area contributed by atoms with Gasteiger partial charge in [0, 0.05) is 47.7 Å². The molecule has 7 heteroatoms. The molecule has 2 aromatic carbocycles. The number of carbonyl (C=O) groups excluding carboxylic acids is 1. The van der Waals surface area contributed by atoms with Crippen LogP contribution in [-0.2, 0) is 19.4 Å². The molecular formula is C28H26FN5O. The third kappa shape index (κ3) is 4.75. The number of hydrogen-bond acceptors (Lipinski definition) is 4. The quantitative estimate of drug-likeness (QED) is 0.411. The molecule has 1 N–H and O–H groups in total. The van der Waals surface area contributed by atoms with Gasteiger partial charge in [-0.05, 0) is 54.8 Å². The van der Waals surface area contributed by atoms with Crippen molar-refractivity contribution in [1.82, 2.24) is 19.9 Å². The van der Waals surface area contributed by atoms with Gasteiger partial charge in [-0.25, -0.2) is 19.2 Å². The van der Waals surface area contributed by atoms with Gasteiger partial charge in [0.2, 0.25) is 0 Å². The minimum atomic E-state index is -0.359. The van der Waals surface area contributed by atoms with Crippen molar-refractivity contribution in [3.05, 3.63) is 95.2 Å². The van der Waals surface area contributed by atoms with E-state index in [-0.39, 0.29) is 11.8 Å². The molecule has 0 spiro atoms. The van der Waals surface area contributed by atoms with Crippen molar-refractivity contribution in [2.24, 2.45) is 0 Å². The molecule has 0 bridgehead atoms. The van der Waals surface area contributed by atoms with Crippen molar-refractivity contribution < 1.29 is 9.18 Å². The Bertz CT molecular complexity index is 1390. The van der Waals surface area contributed by atoms with Crippen molar-refractivity contribution in [2.45, 2.75) is 33.2 Å². The van der Waals surface area contributed by atoms with E-state index in [2.05, 4.69) is 23.3 Å². The van der Waals surface area contributed by atoms with Crippen LogP contribution in [-0.4, -0.2) is 32.4 Å². The summed E-state index contributed by atoms with van der Waals surface area (Å²) in [5.74, 6) is 0.265. The molecule has 35 heavy (non-hydrogen) atoms. The van der Waals surface area contributed by atoms with Gasteiger partial charge in [0.05, 0.1) is 17.9 Å². The van der Waals surface area contributed by atoms with Gasteiger partial charge in [0.15, 0.2) is 5.82 Å². The van der Waals surface area contributed by atoms with Crippen molar-refractivity contribution in [2.75, 3.05) is 11.9 Å². The van der Waals surface area contributed by atoms with E-state index in [0.29, 0.717) is 37.4 Å². The van der Waals surface area contributed by atoms with Crippen LogP contribution in [0.4, 0.5) is 14.9 Å². The van der Waals surface area contributed by atoms with Gasteiger partial charge in [-0.15, -0.1) is 0 Å². The molecule has 0 saturated heterocycles. The summed E-state index contributed by atoms with van der Waals surface area (Å²) in [5.41, 5.74) is 6.94. The molecule has 0 atom stereocenters. The van der Waals surface area contributed by atoms with Crippen LogP contribution in [0.25, 0.3) is 22.6 Å². The average molecular weight is 468 g/mol. The zero-order valence-electron chi connectivity index (χ0n) is 19.8. The van der Waals surface area contributed by atoms with E-state index >= 15 is 0 Å². The number of carbonyl (C=O) groups is 1. The summed E-state index contributed by atoms with van der Waals surface area (Å²) >= 11 is 0. The molecule has 0 aliphatic carbocycles. The van der Waals surface area contributed by atoms with Crippen LogP contribution in [0, 0.1) is 12.7 Å². The minimum Gasteiger partial charge on any atom is -0.320 e. The summed E-state index contributed by atoms with van der Waals surface area (Å²) < 4.78 is 14.0. The highest BCUT2D eigenvalue weighted by atomic mass is 19.1. The number of nitrogens with zero attached hydrogens (tertiary/aromatic N) is 4. The smallest absolute Gasteiger partial charge is 0.320 e. The molecule has 1 aliphatic rings. The molecule has 2 aromatic heterocycles. The number of benzene rings is 2. The Morgan fingerprint density at radius 3 is 2.74 bits per heavy atom. The lowest BCUT2D eigenvalue weighted by Crippen LogP contribution is -2.39. The van der Waals surface area contributed by atoms with Gasteiger partial charge in [-0.2, -0.15) is 0 Å². The van der Waals surface area contributed by atoms with Crippen molar-refractivity contribution in [1.29, 1.82) is 0 Å². The molecule has 3 heterocycles. The number of aryl methyl sites for hydroxylation is 2. The van der Waals surface area contributed by atoms with Crippen LogP contribution in [0.5, 0.6) is 0 Å². The highest BCUT2D eigenvalue weighted by Crippen LogP contribution is 2.32. The number of hydrogen-bond donors (Lipinski definition) is 1. The molecule has 4 aromatic rings. The summed E-state index contributed by atoms with van der Waals surface area (Å²) in [5, 5.41) is 2.86. The molecule has 0 radical (unpaired) electrons. The van der Waals surface area contributed by atoms with Crippen molar-refractivity contribution in [3.63, 3.8) is 0 Å². The summed E-state index contributed by atoms with van der Waals surface area (Å²) in [6, 6.07) is 16.3. The Labute approximate surface area is 203 Å². The molecule has 6 nitrogen and oxygen atoms in total. The lowest BCUT2D eigenvalue weighted by Gasteiger charge is -2.30. The highest BCUT2D eigenvalue weighted by Gasteiger charge is 2.27. The summed E-state index contributed by atoms with van der Waals surface area (Å²) in [6.07, 6.45) is 4.77. The standard InChI is InChI=1S/C28H26FN5O/c1-3-19-13-21(29)15-22(14-19)31-28(35)34-12-10-25-24(17-34)26(23-9-5-4-7-18(23)2)33-27(32-25)20-8-6-11-30-16-20/h4-9,11,13-16H,3,10,12,17H2,1-2H3,(H,31,35). The number of aromatic nitrogens is 3. The van der Waals surface area contributed by atoms with E-state index < -0.39 is 0 Å². The summed E-state index contributed by atoms with van der Waals surface area (Å²) in [6.45, 7) is 4.88. The first kappa shape index (κ1) is 22.7. The number of fused-ring (bicyclic) bond motifs is 1. The third-order valence-corrected chi connectivity index (χ3v) is 6.28. The molecule has 0 unspecified atom stereocenters. The Balaban J connectivity index is 1.50. The van der Waals surface area contributed by atoms with Crippen molar-refractivity contribution >= 4 is 11.7 Å². The number of halogens is 1. The first-order chi connectivity index (χ1) is 17.0. The molecular weight excluding hydrogens is 441 g/mol. The van der Waals surface area contributed by atoms with Gasteiger partial charge in [-0.1, -0.05) is 31.2 Å². The van der Waals surface area contributed by atoms with Crippen LogP contribution < -0.4 is 5.32 Å². The number of anilines is 1. The van der Waals surface area contributed by atoms with E-state index in [1.54, 1.807) is 23.4 Å². The van der Waals surface area contributed by atoms with E-state index in [1.807, 2.05) is 37.3 Å². The summed E-state index contributed by atoms with van der Waals surface area (Å²) in [7, 11) is 0. The predicted octanol–water partition coefficient (Wildman–Crippen LogP) is 5.81. The highest BCUT2D eigenvalue weighted by molar-refractivity contribution is 5.89. The number of rotatable bonds is 4. The zero-order valence-corrected chi connectivity index (χ0v) is 19.8. The van der Waals surface area contributed by atoms with Gasteiger partial charge in [0.25, 0.3) is 0 Å². The number of urea groups is 1. The van der Waals surface area contributed by atoms with Gasteiger partial charge < -0.3 is 10.2 Å². The number of pyridine rings is 1. The molecule has 2 amide bonds. The Kier molecular flexibility index (Phi) is 6.23. The average Bonchev–Trinajstić information content (AvgIpc) is 2.88. The van der Waals surface area contributed by atoms with Crippen LogP contribution in [0.1, 0.15) is 29.3 Å². The van der Waals surface area contributed by atoms with Crippen LogP contribution in [0.2, 0.25) is 0 Å². The first-order valence-corrected chi connectivity index (χ1v) is 11.7. The van der Waals surface area contributed by atoms with Crippen LogP contribution >= 0.6 is 0 Å². The fourth-order valence-corrected chi connectivity index (χ4v) is 4.40. The maximum absolute atomic E-state index is 14.0. The second-order valence-corrected chi connectivity index (χ2v) is 8.68. The number of amides is 2. The lowest BCUT2D eigenvalue weighted by atomic mass is 9.96. The maximum Gasteiger partial charge on any atom is 0.322 e. The minimum absolute atomic E-state index is 0.268. The fourth-order valence-electron chi connectivity index (χ4n) is 4.40. The maximum atomic E-state index is 14.0. The Morgan fingerprint density at radius 1 is 1.11 bits per heavy atom. The Morgan fingerprint density at radius 2 is 1.97 bits per heavy atom. The SMILES string of the molecule is CCc1cc(F)cc(NC(=O)N2CCc3nc(-c4cccnc4)nc(-c4ccccc4C)c3C2)c1. The second-order valence-electron chi connectivity index (χ2n) is 8.68. The van der Waals surface area contributed by atoms with Gasteiger partial charge in [0.1, 0.15) is 5.82 Å². The van der Waals surface area contributed by atoms with E-state index in [1.165, 1.54) is 12.1 Å². The summed E-state index contributed by atoms with van der Waals surface area (Å²) in [4.78, 5) is 28.9. The molecule has 1 aliphatic heterocycles. The van der Waals surface area contributed by atoms with E-state index in [4.69, 9.17) is 9.97 Å². The fraction of sp³-hybridized carbons (Fsp3) is 0.214. The van der Waals surface area contributed by atoms with Crippen LogP contribution in [0.15, 0.2) is 67.0 Å². The molecule has 0 fully saturated rings. The third-order valence-electron chi connectivity index (χ3n) is 6.28. The lowest BCUT2D eigenvalue weighted by molar-refractivity contribution is 0.206. The normalized spacial score (nSPS) is 12.8. The molecule has 5 rings (SSSR count). The van der Waals surface area contributed by atoms with E-state index in [0.717, 1.165) is 39.2 Å². The van der Waals surface area contributed by atoms with E-state index in [9.17, 15) is 9.18 Å². The number of nitrogens with one attached hydrogen (secondary N) is 1.